The van der Waals surface area contributed by atoms with E-state index < -0.39 is 10.0 Å². The molecule has 0 amide bonds. The van der Waals surface area contributed by atoms with Gasteiger partial charge in [0.1, 0.15) is 10.7 Å². The molecule has 7 heteroatoms. The van der Waals surface area contributed by atoms with E-state index in [4.69, 9.17) is 4.74 Å². The second-order valence-corrected chi connectivity index (χ2v) is 7.89. The topological polar surface area (TPSA) is 62.7 Å². The standard InChI is InChI=1S/C18H23N3O3S/c1-3-21(16-6-4-5-15(2)13-16)18-8-7-17(14-19-18)25(22,23)20-9-11-24-12-10-20/h4-8,13-14H,3,9-12H2,1-2H3. The number of benzene rings is 1. The minimum atomic E-state index is -3.51. The number of hydrogen-bond donors (Lipinski definition) is 0. The third-order valence-corrected chi connectivity index (χ3v) is 6.12. The summed E-state index contributed by atoms with van der Waals surface area (Å²) in [6.45, 7) is 6.46. The summed E-state index contributed by atoms with van der Waals surface area (Å²) in [5, 5.41) is 0. The van der Waals surface area contributed by atoms with E-state index in [1.165, 1.54) is 16.1 Å². The van der Waals surface area contributed by atoms with Gasteiger partial charge in [-0.1, -0.05) is 12.1 Å². The van der Waals surface area contributed by atoms with Gasteiger partial charge in [-0.3, -0.25) is 0 Å². The number of hydrogen-bond acceptors (Lipinski definition) is 5. The molecule has 1 fully saturated rings. The van der Waals surface area contributed by atoms with Crippen molar-refractivity contribution in [1.82, 2.24) is 9.29 Å². The fourth-order valence-corrected chi connectivity index (χ4v) is 4.25. The Morgan fingerprint density at radius 1 is 1.20 bits per heavy atom. The molecule has 0 saturated carbocycles. The number of aromatic nitrogens is 1. The van der Waals surface area contributed by atoms with Crippen molar-refractivity contribution in [3.05, 3.63) is 48.2 Å². The van der Waals surface area contributed by atoms with Crippen LogP contribution in [0.2, 0.25) is 0 Å². The number of morpholine rings is 1. The summed E-state index contributed by atoms with van der Waals surface area (Å²) >= 11 is 0. The number of aryl methyl sites for hydroxylation is 1. The minimum absolute atomic E-state index is 0.221. The van der Waals surface area contributed by atoms with Crippen LogP contribution in [0.15, 0.2) is 47.5 Å². The number of rotatable bonds is 5. The maximum atomic E-state index is 12.7. The van der Waals surface area contributed by atoms with Crippen molar-refractivity contribution in [2.45, 2.75) is 18.7 Å². The number of nitrogens with zero attached hydrogens (tertiary/aromatic N) is 3. The lowest BCUT2D eigenvalue weighted by Gasteiger charge is -2.26. The molecular weight excluding hydrogens is 338 g/mol. The summed E-state index contributed by atoms with van der Waals surface area (Å²) in [4.78, 5) is 6.68. The quantitative estimate of drug-likeness (QED) is 0.819. The van der Waals surface area contributed by atoms with Crippen LogP contribution in [0, 0.1) is 6.92 Å². The van der Waals surface area contributed by atoms with Gasteiger partial charge in [0.15, 0.2) is 0 Å². The molecule has 0 atom stereocenters. The van der Waals surface area contributed by atoms with Crippen LogP contribution in [-0.2, 0) is 14.8 Å². The molecule has 1 aliphatic heterocycles. The Bertz CT molecular complexity index is 816. The van der Waals surface area contributed by atoms with E-state index in [9.17, 15) is 8.42 Å². The highest BCUT2D eigenvalue weighted by Crippen LogP contribution is 2.25. The van der Waals surface area contributed by atoms with Crippen LogP contribution < -0.4 is 4.90 Å². The molecule has 0 aliphatic carbocycles. The van der Waals surface area contributed by atoms with Crippen LogP contribution in [0.3, 0.4) is 0 Å². The first-order chi connectivity index (χ1) is 12.0. The molecular formula is C18H23N3O3S. The lowest BCUT2D eigenvalue weighted by atomic mass is 10.2. The van der Waals surface area contributed by atoms with Crippen LogP contribution in [0.4, 0.5) is 11.5 Å². The average Bonchev–Trinajstić information content (AvgIpc) is 2.64. The first kappa shape index (κ1) is 17.8. The third-order valence-electron chi connectivity index (χ3n) is 4.23. The molecule has 6 nitrogen and oxygen atoms in total. The second kappa shape index (κ2) is 7.51. The summed E-state index contributed by atoms with van der Waals surface area (Å²) in [6, 6.07) is 11.6. The zero-order chi connectivity index (χ0) is 17.9. The molecule has 2 aromatic rings. The van der Waals surface area contributed by atoms with E-state index in [2.05, 4.69) is 16.0 Å². The molecule has 0 spiro atoms. The Labute approximate surface area is 149 Å². The molecule has 1 aromatic carbocycles. The predicted octanol–water partition coefficient (Wildman–Crippen LogP) is 2.57. The lowest BCUT2D eigenvalue weighted by molar-refractivity contribution is 0.0730. The highest BCUT2D eigenvalue weighted by Gasteiger charge is 2.26. The zero-order valence-corrected chi connectivity index (χ0v) is 15.4. The largest absolute Gasteiger partial charge is 0.379 e. The highest BCUT2D eigenvalue weighted by atomic mass is 32.2. The van der Waals surface area contributed by atoms with Crippen molar-refractivity contribution in [2.24, 2.45) is 0 Å². The van der Waals surface area contributed by atoms with E-state index in [0.29, 0.717) is 26.3 Å². The molecule has 1 aromatic heterocycles. The average molecular weight is 361 g/mol. The van der Waals surface area contributed by atoms with E-state index >= 15 is 0 Å². The molecule has 3 rings (SSSR count). The summed E-state index contributed by atoms with van der Waals surface area (Å²) in [7, 11) is -3.51. The van der Waals surface area contributed by atoms with Crippen LogP contribution in [0.1, 0.15) is 12.5 Å². The maximum Gasteiger partial charge on any atom is 0.244 e. The van der Waals surface area contributed by atoms with Gasteiger partial charge in [-0.05, 0) is 43.7 Å². The van der Waals surface area contributed by atoms with Crippen LogP contribution in [0.25, 0.3) is 0 Å². The number of sulfonamides is 1. The van der Waals surface area contributed by atoms with Crippen molar-refractivity contribution in [3.63, 3.8) is 0 Å². The molecule has 0 bridgehead atoms. The van der Waals surface area contributed by atoms with Crippen molar-refractivity contribution >= 4 is 21.5 Å². The van der Waals surface area contributed by atoms with Gasteiger partial charge in [-0.15, -0.1) is 0 Å². The van der Waals surface area contributed by atoms with Crippen LogP contribution in [0.5, 0.6) is 0 Å². The summed E-state index contributed by atoms with van der Waals surface area (Å²) in [5.41, 5.74) is 2.21. The summed E-state index contributed by atoms with van der Waals surface area (Å²) < 4.78 is 32.0. The van der Waals surface area contributed by atoms with Gasteiger partial charge in [0, 0.05) is 31.5 Å². The van der Waals surface area contributed by atoms with Crippen LogP contribution >= 0.6 is 0 Å². The molecule has 25 heavy (non-hydrogen) atoms. The van der Waals surface area contributed by atoms with Crippen molar-refractivity contribution in [1.29, 1.82) is 0 Å². The van der Waals surface area contributed by atoms with Gasteiger partial charge >= 0.3 is 0 Å². The van der Waals surface area contributed by atoms with E-state index in [0.717, 1.165) is 18.1 Å². The summed E-state index contributed by atoms with van der Waals surface area (Å²) in [6.07, 6.45) is 1.44. The van der Waals surface area contributed by atoms with Gasteiger partial charge in [0.05, 0.1) is 13.2 Å². The van der Waals surface area contributed by atoms with E-state index in [1.54, 1.807) is 12.1 Å². The Kier molecular flexibility index (Phi) is 5.36. The smallest absolute Gasteiger partial charge is 0.244 e. The van der Waals surface area contributed by atoms with Crippen molar-refractivity contribution < 1.29 is 13.2 Å². The monoisotopic (exact) mass is 361 g/mol. The molecule has 1 saturated heterocycles. The number of ether oxygens (including phenoxy) is 1. The van der Waals surface area contributed by atoms with Crippen molar-refractivity contribution in [2.75, 3.05) is 37.7 Å². The predicted molar refractivity (Wildman–Crippen MR) is 97.7 cm³/mol. The first-order valence-electron chi connectivity index (χ1n) is 8.40. The Balaban J connectivity index is 1.86. The number of pyridine rings is 1. The van der Waals surface area contributed by atoms with Crippen molar-refractivity contribution in [3.8, 4) is 0 Å². The molecule has 0 N–H and O–H groups in total. The van der Waals surface area contributed by atoms with Gasteiger partial charge in [-0.2, -0.15) is 4.31 Å². The van der Waals surface area contributed by atoms with Gasteiger partial charge in [0.2, 0.25) is 10.0 Å². The molecule has 0 unspecified atom stereocenters. The minimum Gasteiger partial charge on any atom is -0.379 e. The van der Waals surface area contributed by atoms with Crippen LogP contribution in [-0.4, -0.2) is 50.6 Å². The van der Waals surface area contributed by atoms with Gasteiger partial charge < -0.3 is 9.64 Å². The Morgan fingerprint density at radius 2 is 1.96 bits per heavy atom. The van der Waals surface area contributed by atoms with E-state index in [-0.39, 0.29) is 4.90 Å². The fourth-order valence-electron chi connectivity index (χ4n) is 2.89. The van der Waals surface area contributed by atoms with E-state index in [1.807, 2.05) is 32.0 Å². The molecule has 1 aliphatic rings. The maximum absolute atomic E-state index is 12.7. The normalized spacial score (nSPS) is 15.9. The lowest BCUT2D eigenvalue weighted by Crippen LogP contribution is -2.40. The Morgan fingerprint density at radius 3 is 2.56 bits per heavy atom. The molecule has 2 heterocycles. The molecule has 134 valence electrons. The molecule has 0 radical (unpaired) electrons. The van der Waals surface area contributed by atoms with Gasteiger partial charge in [-0.25, -0.2) is 13.4 Å². The fraction of sp³-hybridized carbons (Fsp3) is 0.389. The first-order valence-corrected chi connectivity index (χ1v) is 9.84. The third kappa shape index (κ3) is 3.84. The second-order valence-electron chi connectivity index (χ2n) is 5.95. The SMILES string of the molecule is CCN(c1cccc(C)c1)c1ccc(S(=O)(=O)N2CCOCC2)cn1. The highest BCUT2D eigenvalue weighted by molar-refractivity contribution is 7.89. The number of anilines is 2. The summed E-state index contributed by atoms with van der Waals surface area (Å²) in [5.74, 6) is 0.731. The zero-order valence-electron chi connectivity index (χ0n) is 14.6. The van der Waals surface area contributed by atoms with Gasteiger partial charge in [0.25, 0.3) is 0 Å². The Hall–Kier alpha value is -1.96.